The summed E-state index contributed by atoms with van der Waals surface area (Å²) in [5.74, 6) is 0.321. The summed E-state index contributed by atoms with van der Waals surface area (Å²) in [6.07, 6.45) is -1.18. The van der Waals surface area contributed by atoms with Crippen LogP contribution in [0, 0.1) is 0 Å². The molecule has 0 aromatic carbocycles. The summed E-state index contributed by atoms with van der Waals surface area (Å²) >= 11 is 0. The predicted octanol–water partition coefficient (Wildman–Crippen LogP) is -0.440. The highest BCUT2D eigenvalue weighted by molar-refractivity contribution is 7.51. The van der Waals surface area contributed by atoms with E-state index in [-0.39, 0.29) is 24.3 Å². The summed E-state index contributed by atoms with van der Waals surface area (Å²) in [4.78, 5) is 24.7. The number of hydrogen-bond acceptors (Lipinski definition) is 7. The molecule has 0 radical (unpaired) electrons. The Labute approximate surface area is 103 Å². The number of nitrogen functional groups attached to an aromatic ring is 2. The third kappa shape index (κ3) is 5.78. The van der Waals surface area contributed by atoms with Crippen molar-refractivity contribution in [2.45, 2.75) is 13.0 Å². The predicted molar refractivity (Wildman–Crippen MR) is 63.8 cm³/mol. The molecule has 0 saturated heterocycles. The number of hydrogen-bond donors (Lipinski definition) is 4. The lowest BCUT2D eigenvalue weighted by Gasteiger charge is -2.14. The van der Waals surface area contributed by atoms with Crippen LogP contribution < -0.4 is 16.2 Å². The minimum Gasteiger partial charge on any atom is -0.475 e. The number of nitrogens with two attached hydrogens (primary N) is 2. The van der Waals surface area contributed by atoms with Gasteiger partial charge in [-0.1, -0.05) is 0 Å². The van der Waals surface area contributed by atoms with Crippen LogP contribution in [0.1, 0.15) is 6.92 Å². The molecule has 10 heteroatoms. The maximum atomic E-state index is 10.6. The maximum Gasteiger partial charge on any atom is 0.350 e. The third-order valence-corrected chi connectivity index (χ3v) is 2.22. The van der Waals surface area contributed by atoms with E-state index < -0.39 is 20.0 Å². The van der Waals surface area contributed by atoms with Gasteiger partial charge in [-0.05, 0) is 6.92 Å². The molecule has 6 N–H and O–H groups in total. The first-order chi connectivity index (χ1) is 8.26. The van der Waals surface area contributed by atoms with Gasteiger partial charge in [-0.15, -0.1) is 0 Å². The molecule has 1 unspecified atom stereocenters. The minimum atomic E-state index is -4.17. The first-order valence-electron chi connectivity index (χ1n) is 4.95. The van der Waals surface area contributed by atoms with Crippen LogP contribution in [-0.4, -0.2) is 38.8 Å². The van der Waals surface area contributed by atoms with E-state index in [1.807, 2.05) is 0 Å². The molecule has 0 spiro atoms. The molecule has 1 heterocycles. The van der Waals surface area contributed by atoms with E-state index in [2.05, 4.69) is 9.97 Å². The van der Waals surface area contributed by atoms with Crippen LogP contribution in [0.5, 0.6) is 5.88 Å². The number of nitrogens with zero attached hydrogens (tertiary/aromatic N) is 2. The summed E-state index contributed by atoms with van der Waals surface area (Å²) in [6, 6.07) is 1.38. The smallest absolute Gasteiger partial charge is 0.350 e. The van der Waals surface area contributed by atoms with Crippen LogP contribution in [0.3, 0.4) is 0 Å². The van der Waals surface area contributed by atoms with Crippen LogP contribution in [-0.2, 0) is 9.30 Å². The average molecular weight is 278 g/mol. The van der Waals surface area contributed by atoms with Gasteiger partial charge in [-0.2, -0.15) is 9.97 Å². The van der Waals surface area contributed by atoms with Crippen LogP contribution in [0.25, 0.3) is 0 Å². The Bertz CT molecular complexity index is 431. The molecule has 18 heavy (non-hydrogen) atoms. The van der Waals surface area contributed by atoms with E-state index in [0.29, 0.717) is 0 Å². The van der Waals surface area contributed by atoms with Crippen molar-refractivity contribution in [2.75, 3.05) is 24.4 Å². The standard InChI is InChI=1S/C8H15N4O5P/c1-5(17-4-18(13,14)15)3-16-7-2-6(9)11-8(10)12-7/h2,5H,3-4H2,1H3,(H2,13,14,15)(H4,9,10,11,12). The zero-order chi connectivity index (χ0) is 13.8. The lowest BCUT2D eigenvalue weighted by Crippen LogP contribution is -2.19. The fraction of sp³-hybridized carbons (Fsp3) is 0.500. The Morgan fingerprint density at radius 2 is 2.11 bits per heavy atom. The average Bonchev–Trinajstić information content (AvgIpc) is 2.21. The Kier molecular flexibility index (Phi) is 4.85. The molecule has 0 fully saturated rings. The highest BCUT2D eigenvalue weighted by Crippen LogP contribution is 2.34. The van der Waals surface area contributed by atoms with Crippen molar-refractivity contribution in [1.29, 1.82) is 0 Å². The van der Waals surface area contributed by atoms with E-state index >= 15 is 0 Å². The monoisotopic (exact) mass is 278 g/mol. The van der Waals surface area contributed by atoms with Gasteiger partial charge in [0.25, 0.3) is 0 Å². The van der Waals surface area contributed by atoms with E-state index in [0.717, 1.165) is 0 Å². The molecule has 0 aliphatic carbocycles. The first kappa shape index (κ1) is 14.7. The van der Waals surface area contributed by atoms with Crippen molar-refractivity contribution in [1.82, 2.24) is 9.97 Å². The molecule has 0 aliphatic rings. The van der Waals surface area contributed by atoms with Crippen LogP contribution in [0.2, 0.25) is 0 Å². The summed E-state index contributed by atoms with van der Waals surface area (Å²) in [5.41, 5.74) is 10.8. The van der Waals surface area contributed by atoms with Crippen molar-refractivity contribution in [3.63, 3.8) is 0 Å². The van der Waals surface area contributed by atoms with E-state index in [4.69, 9.17) is 30.7 Å². The van der Waals surface area contributed by atoms with Gasteiger partial charge in [0.1, 0.15) is 18.8 Å². The summed E-state index contributed by atoms with van der Waals surface area (Å²) in [5, 5.41) is 0. The molecule has 0 aliphatic heterocycles. The highest BCUT2D eigenvalue weighted by atomic mass is 31.2. The highest BCUT2D eigenvalue weighted by Gasteiger charge is 2.15. The fourth-order valence-electron chi connectivity index (χ4n) is 1.01. The Morgan fingerprint density at radius 3 is 2.67 bits per heavy atom. The molecule has 1 rings (SSSR count). The van der Waals surface area contributed by atoms with Gasteiger partial charge in [-0.3, -0.25) is 4.57 Å². The van der Waals surface area contributed by atoms with Gasteiger partial charge in [0, 0.05) is 6.07 Å². The second-order valence-corrected chi connectivity index (χ2v) is 5.16. The molecule has 9 nitrogen and oxygen atoms in total. The van der Waals surface area contributed by atoms with E-state index in [9.17, 15) is 4.57 Å². The molecule has 0 bridgehead atoms. The van der Waals surface area contributed by atoms with Gasteiger partial charge in [0.05, 0.1) is 6.10 Å². The van der Waals surface area contributed by atoms with Crippen molar-refractivity contribution in [2.24, 2.45) is 0 Å². The van der Waals surface area contributed by atoms with E-state index in [1.165, 1.54) is 6.07 Å². The molecule has 102 valence electrons. The quantitative estimate of drug-likeness (QED) is 0.507. The Morgan fingerprint density at radius 1 is 1.44 bits per heavy atom. The van der Waals surface area contributed by atoms with Gasteiger partial charge >= 0.3 is 7.60 Å². The van der Waals surface area contributed by atoms with Crippen molar-refractivity contribution in [3.8, 4) is 5.88 Å². The van der Waals surface area contributed by atoms with Gasteiger partial charge in [0.15, 0.2) is 0 Å². The normalized spacial score (nSPS) is 13.3. The Hall–Kier alpha value is -1.41. The molecule has 1 aromatic rings. The topological polar surface area (TPSA) is 154 Å². The number of anilines is 2. The van der Waals surface area contributed by atoms with Crippen molar-refractivity contribution in [3.05, 3.63) is 6.07 Å². The lowest BCUT2D eigenvalue weighted by atomic mass is 10.4. The number of ether oxygens (including phenoxy) is 2. The maximum absolute atomic E-state index is 10.6. The first-order valence-corrected chi connectivity index (χ1v) is 6.75. The van der Waals surface area contributed by atoms with Crippen LogP contribution in [0.15, 0.2) is 6.07 Å². The largest absolute Gasteiger partial charge is 0.475 e. The zero-order valence-corrected chi connectivity index (χ0v) is 10.6. The van der Waals surface area contributed by atoms with Crippen LogP contribution >= 0.6 is 7.60 Å². The molecular formula is C8H15N4O5P. The molecule has 0 saturated carbocycles. The van der Waals surface area contributed by atoms with Gasteiger partial charge in [-0.25, -0.2) is 0 Å². The summed E-state index contributed by atoms with van der Waals surface area (Å²) in [6.45, 7) is 1.65. The van der Waals surface area contributed by atoms with Crippen molar-refractivity contribution >= 4 is 19.4 Å². The fourth-order valence-corrected chi connectivity index (χ4v) is 1.46. The molecule has 1 atom stereocenters. The second kappa shape index (κ2) is 5.96. The Balaban J connectivity index is 2.42. The zero-order valence-electron chi connectivity index (χ0n) is 9.68. The molecular weight excluding hydrogens is 263 g/mol. The summed E-state index contributed by atoms with van der Waals surface area (Å²) in [7, 11) is -4.17. The second-order valence-electron chi connectivity index (χ2n) is 3.57. The number of rotatable bonds is 6. The number of aromatic nitrogens is 2. The SMILES string of the molecule is CC(COc1cc(N)nc(N)n1)OCP(=O)(O)O. The van der Waals surface area contributed by atoms with Crippen LogP contribution in [0.4, 0.5) is 11.8 Å². The third-order valence-electron chi connectivity index (χ3n) is 1.73. The lowest BCUT2D eigenvalue weighted by molar-refractivity contribution is 0.0493. The van der Waals surface area contributed by atoms with Gasteiger partial charge in [0.2, 0.25) is 11.8 Å². The van der Waals surface area contributed by atoms with Gasteiger partial charge < -0.3 is 30.7 Å². The van der Waals surface area contributed by atoms with Crippen molar-refractivity contribution < 1.29 is 23.8 Å². The summed E-state index contributed by atoms with van der Waals surface area (Å²) < 4.78 is 20.7. The molecule has 0 amide bonds. The molecule has 1 aromatic heterocycles. The minimum absolute atomic E-state index is 0.0196. The van der Waals surface area contributed by atoms with E-state index in [1.54, 1.807) is 6.92 Å².